The van der Waals surface area contributed by atoms with Crippen LogP contribution in [0.2, 0.25) is 0 Å². The van der Waals surface area contributed by atoms with Crippen LogP contribution in [-0.2, 0) is 11.3 Å². The minimum absolute atomic E-state index is 0.458. The molecule has 0 aliphatic carbocycles. The van der Waals surface area contributed by atoms with Crippen LogP contribution in [0.1, 0.15) is 5.69 Å². The molecule has 0 spiro atoms. The van der Waals surface area contributed by atoms with Gasteiger partial charge in [-0.15, -0.1) is 0 Å². The fourth-order valence-corrected chi connectivity index (χ4v) is 1.37. The Bertz CT molecular complexity index is 317. The minimum atomic E-state index is 0.458. The van der Waals surface area contributed by atoms with Crippen LogP contribution in [0.3, 0.4) is 0 Å². The number of hydrogen-bond donors (Lipinski definition) is 1. The van der Waals surface area contributed by atoms with Crippen molar-refractivity contribution in [2.45, 2.75) is 6.54 Å². The molecule has 6 heteroatoms. The Morgan fingerprint density at radius 3 is 3.00 bits per heavy atom. The third-order valence-electron chi connectivity index (χ3n) is 2.23. The summed E-state index contributed by atoms with van der Waals surface area (Å²) in [6.07, 6.45) is 1.52. The molecule has 0 unspecified atom stereocenters. The first-order valence-corrected chi connectivity index (χ1v) is 4.88. The number of morpholine rings is 1. The Labute approximate surface area is 87.7 Å². The smallest absolute Gasteiger partial charge is 0.191 e. The van der Waals surface area contributed by atoms with Crippen molar-refractivity contribution in [2.24, 2.45) is 10.7 Å². The predicted molar refractivity (Wildman–Crippen MR) is 54.2 cm³/mol. The van der Waals surface area contributed by atoms with Gasteiger partial charge in [-0.2, -0.15) is 0 Å². The summed E-state index contributed by atoms with van der Waals surface area (Å²) in [6, 6.07) is 1.77. The van der Waals surface area contributed by atoms with Crippen LogP contribution in [0.4, 0.5) is 0 Å². The summed E-state index contributed by atoms with van der Waals surface area (Å²) in [4.78, 5) is 6.24. The van der Waals surface area contributed by atoms with Gasteiger partial charge >= 0.3 is 0 Å². The summed E-state index contributed by atoms with van der Waals surface area (Å²) in [5.74, 6) is 0.543. The lowest BCUT2D eigenvalue weighted by Gasteiger charge is -2.27. The highest BCUT2D eigenvalue weighted by molar-refractivity contribution is 5.78. The molecule has 0 aromatic carbocycles. The molecule has 0 bridgehead atoms. The molecule has 2 heterocycles. The lowest BCUT2D eigenvalue weighted by molar-refractivity contribution is 0.0674. The SMILES string of the molecule is NC(=NCc1ccon1)N1CCOCC1. The van der Waals surface area contributed by atoms with Gasteiger partial charge in [-0.05, 0) is 0 Å². The van der Waals surface area contributed by atoms with Gasteiger partial charge in [0.15, 0.2) is 5.96 Å². The van der Waals surface area contributed by atoms with Gasteiger partial charge in [-0.3, -0.25) is 0 Å². The molecule has 1 aliphatic heterocycles. The Morgan fingerprint density at radius 1 is 1.53 bits per heavy atom. The topological polar surface area (TPSA) is 76.9 Å². The zero-order valence-corrected chi connectivity index (χ0v) is 8.43. The second-order valence-corrected chi connectivity index (χ2v) is 3.26. The molecular formula is C9H14N4O2. The highest BCUT2D eigenvalue weighted by Crippen LogP contribution is 1.99. The van der Waals surface area contributed by atoms with E-state index < -0.39 is 0 Å². The highest BCUT2D eigenvalue weighted by atomic mass is 16.5. The van der Waals surface area contributed by atoms with E-state index in [9.17, 15) is 0 Å². The number of aromatic nitrogens is 1. The number of rotatable bonds is 2. The molecule has 0 radical (unpaired) electrons. The van der Waals surface area contributed by atoms with E-state index in [1.807, 2.05) is 4.90 Å². The number of nitrogens with two attached hydrogens (primary N) is 1. The quantitative estimate of drug-likeness (QED) is 0.541. The van der Waals surface area contributed by atoms with Gasteiger partial charge in [0, 0.05) is 19.2 Å². The third kappa shape index (κ3) is 2.69. The van der Waals surface area contributed by atoms with E-state index in [2.05, 4.69) is 10.1 Å². The van der Waals surface area contributed by atoms with Gasteiger partial charge in [-0.1, -0.05) is 5.16 Å². The summed E-state index contributed by atoms with van der Waals surface area (Å²) >= 11 is 0. The largest absolute Gasteiger partial charge is 0.378 e. The van der Waals surface area contributed by atoms with Crippen molar-refractivity contribution in [2.75, 3.05) is 26.3 Å². The van der Waals surface area contributed by atoms with E-state index in [0.717, 1.165) is 18.8 Å². The van der Waals surface area contributed by atoms with Gasteiger partial charge in [0.2, 0.25) is 0 Å². The first kappa shape index (κ1) is 9.97. The molecule has 15 heavy (non-hydrogen) atoms. The fraction of sp³-hybridized carbons (Fsp3) is 0.556. The molecule has 1 fully saturated rings. The Morgan fingerprint density at radius 2 is 2.33 bits per heavy atom. The summed E-state index contributed by atoms with van der Waals surface area (Å²) in [7, 11) is 0. The molecule has 6 nitrogen and oxygen atoms in total. The zero-order chi connectivity index (χ0) is 10.5. The molecular weight excluding hydrogens is 196 g/mol. The maximum Gasteiger partial charge on any atom is 0.191 e. The molecule has 2 N–H and O–H groups in total. The van der Waals surface area contributed by atoms with Crippen LogP contribution in [0.25, 0.3) is 0 Å². The first-order chi connectivity index (χ1) is 7.36. The van der Waals surface area contributed by atoms with Gasteiger partial charge < -0.3 is 19.9 Å². The van der Waals surface area contributed by atoms with Crippen LogP contribution in [0.15, 0.2) is 21.8 Å². The number of hydrogen-bond acceptors (Lipinski definition) is 4. The van der Waals surface area contributed by atoms with Gasteiger partial charge in [-0.25, -0.2) is 4.99 Å². The second-order valence-electron chi connectivity index (χ2n) is 3.26. The molecule has 1 aromatic heterocycles. The average Bonchev–Trinajstić information content (AvgIpc) is 2.80. The minimum Gasteiger partial charge on any atom is -0.378 e. The number of nitrogens with zero attached hydrogens (tertiary/aromatic N) is 3. The van der Waals surface area contributed by atoms with Crippen molar-refractivity contribution in [1.82, 2.24) is 10.1 Å². The van der Waals surface area contributed by atoms with E-state index >= 15 is 0 Å². The number of ether oxygens (including phenoxy) is 1. The van der Waals surface area contributed by atoms with Crippen molar-refractivity contribution < 1.29 is 9.26 Å². The normalized spacial score (nSPS) is 18.1. The Kier molecular flexibility index (Phi) is 3.18. The van der Waals surface area contributed by atoms with Crippen molar-refractivity contribution >= 4 is 5.96 Å². The molecule has 0 amide bonds. The molecule has 1 aliphatic rings. The van der Waals surface area contributed by atoms with Crippen molar-refractivity contribution in [3.05, 3.63) is 18.0 Å². The molecule has 1 aromatic rings. The first-order valence-electron chi connectivity index (χ1n) is 4.88. The lowest BCUT2D eigenvalue weighted by Crippen LogP contribution is -2.44. The molecule has 82 valence electrons. The molecule has 0 saturated carbocycles. The van der Waals surface area contributed by atoms with Gasteiger partial charge in [0.05, 0.1) is 19.8 Å². The second kappa shape index (κ2) is 4.79. The maximum absolute atomic E-state index is 5.83. The number of aliphatic imine (C=N–C) groups is 1. The van der Waals surface area contributed by atoms with Crippen molar-refractivity contribution in [1.29, 1.82) is 0 Å². The molecule has 2 rings (SSSR count). The molecule has 1 saturated heterocycles. The van der Waals surface area contributed by atoms with Gasteiger partial charge in [0.25, 0.3) is 0 Å². The van der Waals surface area contributed by atoms with Crippen LogP contribution in [0, 0.1) is 0 Å². The zero-order valence-electron chi connectivity index (χ0n) is 8.43. The Hall–Kier alpha value is -1.56. The van der Waals surface area contributed by atoms with E-state index in [4.69, 9.17) is 15.0 Å². The summed E-state index contributed by atoms with van der Waals surface area (Å²) < 4.78 is 9.92. The summed E-state index contributed by atoms with van der Waals surface area (Å²) in [5.41, 5.74) is 6.61. The van der Waals surface area contributed by atoms with E-state index in [1.54, 1.807) is 6.07 Å². The van der Waals surface area contributed by atoms with Crippen LogP contribution < -0.4 is 5.73 Å². The van der Waals surface area contributed by atoms with Crippen LogP contribution in [-0.4, -0.2) is 42.3 Å². The standard InChI is InChI=1S/C9H14N4O2/c10-9(13-2-5-14-6-3-13)11-7-8-1-4-15-12-8/h1,4H,2-3,5-7H2,(H2,10,11). The molecule has 0 atom stereocenters. The predicted octanol–water partition coefficient (Wildman–Crippen LogP) is -0.179. The van der Waals surface area contributed by atoms with E-state index in [1.165, 1.54) is 6.26 Å². The summed E-state index contributed by atoms with van der Waals surface area (Å²) in [5, 5.41) is 3.75. The number of guanidine groups is 1. The Balaban J connectivity index is 1.88. The lowest BCUT2D eigenvalue weighted by atomic mass is 10.4. The maximum atomic E-state index is 5.83. The van der Waals surface area contributed by atoms with E-state index in [0.29, 0.717) is 25.7 Å². The van der Waals surface area contributed by atoms with Crippen LogP contribution >= 0.6 is 0 Å². The van der Waals surface area contributed by atoms with Crippen molar-refractivity contribution in [3.8, 4) is 0 Å². The summed E-state index contributed by atoms with van der Waals surface area (Å²) in [6.45, 7) is 3.47. The van der Waals surface area contributed by atoms with Crippen molar-refractivity contribution in [3.63, 3.8) is 0 Å². The monoisotopic (exact) mass is 210 g/mol. The van der Waals surface area contributed by atoms with E-state index in [-0.39, 0.29) is 0 Å². The fourth-order valence-electron chi connectivity index (χ4n) is 1.37. The van der Waals surface area contributed by atoms with Crippen LogP contribution in [0.5, 0.6) is 0 Å². The van der Waals surface area contributed by atoms with Gasteiger partial charge in [0.1, 0.15) is 12.0 Å². The highest BCUT2D eigenvalue weighted by Gasteiger charge is 2.11. The average molecular weight is 210 g/mol. The third-order valence-corrected chi connectivity index (χ3v) is 2.23.